The Morgan fingerprint density at radius 1 is 1.35 bits per heavy atom. The van der Waals surface area contributed by atoms with E-state index >= 15 is 0 Å². The number of ether oxygens (including phenoxy) is 3. The van der Waals surface area contributed by atoms with Crippen LogP contribution in [0.15, 0.2) is 0 Å². The van der Waals surface area contributed by atoms with Gasteiger partial charge < -0.3 is 24.4 Å². The molecular formula is C26H44O6S2. The highest BCUT2D eigenvalue weighted by Crippen LogP contribution is 2.58. The van der Waals surface area contributed by atoms with Gasteiger partial charge in [-0.15, -0.1) is 0 Å². The summed E-state index contributed by atoms with van der Waals surface area (Å²) in [5, 5.41) is 15.7. The van der Waals surface area contributed by atoms with Gasteiger partial charge in [0, 0.05) is 17.9 Å². The molecule has 34 heavy (non-hydrogen) atoms. The summed E-state index contributed by atoms with van der Waals surface area (Å²) in [7, 11) is 0. The van der Waals surface area contributed by atoms with Crippen molar-refractivity contribution in [3.8, 4) is 0 Å². The van der Waals surface area contributed by atoms with Gasteiger partial charge in [0.2, 0.25) is 17.7 Å². The molecule has 6 nitrogen and oxygen atoms in total. The van der Waals surface area contributed by atoms with Crippen molar-refractivity contribution >= 4 is 34.3 Å². The molecular weight excluding hydrogens is 472 g/mol. The minimum Gasteiger partial charge on any atom is -0.471 e. The van der Waals surface area contributed by atoms with E-state index in [0.29, 0.717) is 22.6 Å². The lowest BCUT2D eigenvalue weighted by Gasteiger charge is -2.46. The monoisotopic (exact) mass is 518 g/mol. The van der Waals surface area contributed by atoms with Crippen molar-refractivity contribution in [1.82, 2.24) is 0 Å². The van der Waals surface area contributed by atoms with Gasteiger partial charge in [-0.25, -0.2) is 4.79 Å². The fourth-order valence-electron chi connectivity index (χ4n) is 6.89. The highest BCUT2D eigenvalue weighted by atomic mass is 32.2. The minimum absolute atomic E-state index is 0.00419. The third kappa shape index (κ3) is 5.31. The number of carbonyl (C=O) groups excluding carboxylic acids is 1. The van der Waals surface area contributed by atoms with Gasteiger partial charge in [0.25, 0.3) is 0 Å². The lowest BCUT2D eigenvalue weighted by Crippen LogP contribution is -2.53. The first-order valence-corrected chi connectivity index (χ1v) is 14.3. The number of carbonyl (C=O) groups is 1. The first-order chi connectivity index (χ1) is 16.3. The van der Waals surface area contributed by atoms with Gasteiger partial charge in [-0.2, -0.15) is 0 Å². The van der Waals surface area contributed by atoms with Gasteiger partial charge in [-0.1, -0.05) is 52.8 Å². The molecule has 2 saturated carbocycles. The molecule has 0 aromatic heterocycles. The molecule has 1 heterocycles. The summed E-state index contributed by atoms with van der Waals surface area (Å²) in [6, 6.07) is 0. The number of hydrogen-bond donors (Lipinski definition) is 2. The predicted molar refractivity (Wildman–Crippen MR) is 138 cm³/mol. The molecule has 8 heteroatoms. The summed E-state index contributed by atoms with van der Waals surface area (Å²) in [5.74, 6) is 0.274. The Morgan fingerprint density at radius 3 is 2.62 bits per heavy atom. The van der Waals surface area contributed by atoms with Gasteiger partial charge in [-0.05, 0) is 80.7 Å². The van der Waals surface area contributed by atoms with Gasteiger partial charge in [-0.3, -0.25) is 0 Å². The third-order valence-electron chi connectivity index (χ3n) is 8.77. The van der Waals surface area contributed by atoms with Gasteiger partial charge in [0.15, 0.2) is 0 Å². The number of fused-ring (bicyclic) bond motifs is 1. The molecule has 0 spiro atoms. The second kappa shape index (κ2) is 10.5. The Labute approximate surface area is 216 Å². The fraction of sp³-hybridized carbons (Fsp3) is 0.923. The number of rotatable bonds is 8. The maximum atomic E-state index is 13.1. The van der Waals surface area contributed by atoms with Crippen LogP contribution in [0.4, 0.5) is 0 Å². The highest BCUT2D eigenvalue weighted by Gasteiger charge is 2.59. The van der Waals surface area contributed by atoms with E-state index < -0.39 is 29.4 Å². The van der Waals surface area contributed by atoms with E-state index in [4.69, 9.17) is 33.0 Å². The zero-order valence-electron chi connectivity index (χ0n) is 22.8. The van der Waals surface area contributed by atoms with Crippen molar-refractivity contribution in [1.29, 1.82) is 1.43 Å². The fourth-order valence-corrected chi connectivity index (χ4v) is 7.19. The molecule has 2 N–H and O–H groups in total. The molecule has 0 radical (unpaired) electrons. The van der Waals surface area contributed by atoms with Gasteiger partial charge >= 0.3 is 5.97 Å². The van der Waals surface area contributed by atoms with Crippen LogP contribution in [0.2, 0.25) is 0 Å². The van der Waals surface area contributed by atoms with Crippen LogP contribution in [0.1, 0.15) is 80.1 Å². The Bertz CT molecular complexity index is 775. The average Bonchev–Trinajstić information content (AvgIpc) is 3.32. The zero-order valence-corrected chi connectivity index (χ0v) is 23.4. The maximum absolute atomic E-state index is 13.1. The summed E-state index contributed by atoms with van der Waals surface area (Å²) in [6.45, 7) is 12.0. The first kappa shape index (κ1) is 26.6. The molecule has 3 aliphatic rings. The third-order valence-corrected chi connectivity index (χ3v) is 9.80. The van der Waals surface area contributed by atoms with Gasteiger partial charge in [0.05, 0.1) is 6.10 Å². The number of thiocarbonyl (C=S) groups is 1. The second-order valence-electron chi connectivity index (χ2n) is 12.2. The Balaban J connectivity index is 1.84. The van der Waals surface area contributed by atoms with E-state index in [-0.39, 0.29) is 30.0 Å². The molecule has 9 atom stereocenters. The first-order valence-electron chi connectivity index (χ1n) is 13.1. The number of esters is 1. The quantitative estimate of drug-likeness (QED) is 0.345. The molecule has 0 amide bonds. The lowest BCUT2D eigenvalue weighted by molar-refractivity contribution is -0.172. The van der Waals surface area contributed by atoms with Crippen LogP contribution < -0.4 is 0 Å². The standard InChI is InChI=1S/C26H44O6S2/c1-15(17-10-11-18-19(28)9-8-12-25(17,18)5)13-16(14-27)20(30-23(33)34-7)26(6)21(29)31-22(32-26)24(2,3)4/h15-20,22,27-28H,8-14H2,1-7H3/t15-,16+,17-,18?,19+,20?,22-,25-,26-/m1/s1/i28T. The Morgan fingerprint density at radius 2 is 2.06 bits per heavy atom. The van der Waals surface area contributed by atoms with E-state index in [0.717, 1.165) is 32.1 Å². The van der Waals surface area contributed by atoms with Crippen molar-refractivity contribution in [3.05, 3.63) is 0 Å². The molecule has 196 valence electrons. The largest absolute Gasteiger partial charge is 0.471 e. The number of thioether (sulfide) groups is 1. The van der Waals surface area contributed by atoms with Crippen LogP contribution in [0.3, 0.4) is 0 Å². The normalized spacial score (nSPS) is 39.1. The molecule has 0 aromatic rings. The van der Waals surface area contributed by atoms with E-state index in [1.165, 1.54) is 11.8 Å². The van der Waals surface area contributed by atoms with Crippen LogP contribution in [0.5, 0.6) is 0 Å². The molecule has 1 saturated heterocycles. The predicted octanol–water partition coefficient (Wildman–Crippen LogP) is 4.94. The molecule has 0 bridgehead atoms. The summed E-state index contributed by atoms with van der Waals surface area (Å²) in [5.41, 5.74) is -1.66. The number of aliphatic hydroxyl groups excluding tert-OH is 2. The van der Waals surface area contributed by atoms with Crippen LogP contribution >= 0.6 is 24.0 Å². The minimum atomic E-state index is -1.37. The zero-order chi connectivity index (χ0) is 26.2. The van der Waals surface area contributed by atoms with E-state index in [2.05, 4.69) is 13.8 Å². The summed E-state index contributed by atoms with van der Waals surface area (Å²) >= 11 is 6.68. The molecule has 0 aromatic carbocycles. The van der Waals surface area contributed by atoms with Crippen molar-refractivity contribution in [2.24, 2.45) is 34.5 Å². The molecule has 3 fully saturated rings. The van der Waals surface area contributed by atoms with Crippen molar-refractivity contribution < 1.29 is 29.2 Å². The topological polar surface area (TPSA) is 85.2 Å². The van der Waals surface area contributed by atoms with Crippen LogP contribution in [0, 0.1) is 34.5 Å². The van der Waals surface area contributed by atoms with Crippen molar-refractivity contribution in [3.63, 3.8) is 0 Å². The Hall–Kier alpha value is -0.410. The summed E-state index contributed by atoms with van der Waals surface area (Å²) < 4.78 is 25.9. The van der Waals surface area contributed by atoms with Crippen LogP contribution in [-0.4, -0.2) is 59.0 Å². The molecule has 3 rings (SSSR count). The smallest absolute Gasteiger partial charge is 0.344 e. The average molecular weight is 519 g/mol. The van der Waals surface area contributed by atoms with Crippen molar-refractivity contribution in [2.45, 2.75) is 104 Å². The summed E-state index contributed by atoms with van der Waals surface area (Å²) in [4.78, 5) is 13.1. The number of cyclic esters (lactones) is 1. The van der Waals surface area contributed by atoms with E-state index in [9.17, 15) is 9.90 Å². The molecule has 2 unspecified atom stereocenters. The van der Waals surface area contributed by atoms with Gasteiger partial charge in [0.1, 0.15) is 6.10 Å². The molecule has 2 aliphatic carbocycles. The summed E-state index contributed by atoms with van der Waals surface area (Å²) in [6.07, 6.45) is 6.34. The Kier molecular flexibility index (Phi) is 8.25. The maximum Gasteiger partial charge on any atom is 0.344 e. The van der Waals surface area contributed by atoms with Crippen LogP contribution in [0.25, 0.3) is 0 Å². The van der Waals surface area contributed by atoms with E-state index in [1.807, 2.05) is 27.0 Å². The van der Waals surface area contributed by atoms with Crippen LogP contribution in [-0.2, 0) is 19.0 Å². The molecule has 1 aliphatic heterocycles. The van der Waals surface area contributed by atoms with E-state index in [1.54, 1.807) is 6.92 Å². The number of hydrogen-bond acceptors (Lipinski definition) is 8. The second-order valence-corrected chi connectivity index (χ2v) is 13.6. The van der Waals surface area contributed by atoms with Crippen molar-refractivity contribution in [2.75, 3.05) is 12.9 Å². The highest BCUT2D eigenvalue weighted by molar-refractivity contribution is 8.22. The number of aliphatic hydroxyl groups is 2. The lowest BCUT2D eigenvalue weighted by atomic mass is 9.61. The SMILES string of the molecule is [3H]O[C@H]1CCC[C@@]2(C)C1CC[C@@H]2[C@H](C)C[C@@H](CO)C(OC(=S)SC)[C@@]1(C)O[C@H](C(C)(C)C)OC1=O.